The molecule has 3 unspecified atom stereocenters. The molecule has 2 rings (SSSR count). The minimum Gasteiger partial charge on any atom is -0.239 e. The van der Waals surface area contributed by atoms with Crippen molar-refractivity contribution >= 4 is 18.6 Å². The lowest BCUT2D eigenvalue weighted by molar-refractivity contribution is -0.118. The maximum absolute atomic E-state index is 12.6. The summed E-state index contributed by atoms with van der Waals surface area (Å²) in [7, 11) is -2.02. The molecule has 0 N–H and O–H groups in total. The second-order valence-corrected chi connectivity index (χ2v) is 6.76. The van der Waals surface area contributed by atoms with Crippen LogP contribution in [-0.4, -0.2) is 5.52 Å². The Morgan fingerprint density at radius 3 is 2.47 bits per heavy atom. The predicted molar refractivity (Wildman–Crippen MR) is 78.9 cm³/mol. The Balaban J connectivity index is 2.30. The first-order valence-electron chi connectivity index (χ1n) is 6.39. The van der Waals surface area contributed by atoms with E-state index in [4.69, 9.17) is 0 Å². The van der Waals surface area contributed by atoms with E-state index >= 15 is 0 Å². The van der Waals surface area contributed by atoms with Crippen LogP contribution >= 0.6 is 7.80 Å². The second kappa shape index (κ2) is 5.22. The monoisotopic (exact) mass is 273 g/mol. The zero-order valence-corrected chi connectivity index (χ0v) is 12.4. The molecule has 0 fully saturated rings. The molecule has 2 nitrogen and oxygen atoms in total. The van der Waals surface area contributed by atoms with E-state index in [0.717, 1.165) is 5.57 Å². The summed E-state index contributed by atoms with van der Waals surface area (Å²) < 4.78 is 12.4. The molecule has 1 aromatic rings. The average molecular weight is 273 g/mol. The molecule has 0 radical (unpaired) electrons. The van der Waals surface area contributed by atoms with Crippen LogP contribution in [0.2, 0.25) is 0 Å². The molecule has 1 aromatic carbocycles. The van der Waals surface area contributed by atoms with Crippen LogP contribution in [0, 0.1) is 11.3 Å². The average Bonchev–Trinajstić information content (AvgIpc) is 2.42. The molecule has 0 spiro atoms. The van der Waals surface area contributed by atoms with Crippen LogP contribution in [0.4, 0.5) is 0 Å². The van der Waals surface area contributed by atoms with Gasteiger partial charge < -0.3 is 0 Å². The van der Waals surface area contributed by atoms with Gasteiger partial charge in [-0.2, -0.15) is 0 Å². The molecule has 0 saturated heterocycles. The zero-order chi connectivity index (χ0) is 14.0. The van der Waals surface area contributed by atoms with Gasteiger partial charge in [0.25, 0.3) is 0 Å². The molecule has 3 atom stereocenters. The number of carbonyl (C=O) groups is 1. The zero-order valence-electron chi connectivity index (χ0n) is 11.5. The van der Waals surface area contributed by atoms with Crippen molar-refractivity contribution in [2.75, 3.05) is 0 Å². The number of allylic oxidation sites excluding steroid dienone is 4. The van der Waals surface area contributed by atoms with Gasteiger partial charge in [-0.1, -0.05) is 53.5 Å². The van der Waals surface area contributed by atoms with Crippen molar-refractivity contribution in [2.45, 2.75) is 20.8 Å². The van der Waals surface area contributed by atoms with Crippen molar-refractivity contribution in [3.63, 3.8) is 0 Å². The SMILES string of the molecule is CC1=CC(C)C(C)(C(=O)[P+](=O)c2ccccc2)C=C1. The van der Waals surface area contributed by atoms with E-state index < -0.39 is 13.2 Å². The fourth-order valence-corrected chi connectivity index (χ4v) is 3.64. The molecule has 1 aliphatic rings. The van der Waals surface area contributed by atoms with Crippen molar-refractivity contribution in [3.05, 3.63) is 54.1 Å². The molecule has 0 bridgehead atoms. The summed E-state index contributed by atoms with van der Waals surface area (Å²) in [5.41, 5.74) is 0.275. The van der Waals surface area contributed by atoms with Gasteiger partial charge in [0.2, 0.25) is 0 Å². The van der Waals surface area contributed by atoms with Gasteiger partial charge in [-0.3, -0.25) is 0 Å². The lowest BCUT2D eigenvalue weighted by Gasteiger charge is -2.27. The van der Waals surface area contributed by atoms with E-state index in [-0.39, 0.29) is 11.4 Å². The molecule has 0 heterocycles. The summed E-state index contributed by atoms with van der Waals surface area (Å²) in [6.07, 6.45) is 5.89. The van der Waals surface area contributed by atoms with Crippen LogP contribution in [0.5, 0.6) is 0 Å². The first-order chi connectivity index (χ1) is 8.95. The van der Waals surface area contributed by atoms with Crippen LogP contribution in [-0.2, 0) is 9.36 Å². The minimum absolute atomic E-state index is 0.0627. The highest BCUT2D eigenvalue weighted by molar-refractivity contribution is 7.71. The van der Waals surface area contributed by atoms with Crippen molar-refractivity contribution < 1.29 is 9.36 Å². The summed E-state index contributed by atoms with van der Waals surface area (Å²) in [4.78, 5) is 12.6. The maximum atomic E-state index is 12.6. The van der Waals surface area contributed by atoms with Crippen LogP contribution in [0.3, 0.4) is 0 Å². The van der Waals surface area contributed by atoms with Crippen molar-refractivity contribution in [2.24, 2.45) is 11.3 Å². The number of hydrogen-bond donors (Lipinski definition) is 0. The molecule has 0 aromatic heterocycles. The van der Waals surface area contributed by atoms with Crippen LogP contribution < -0.4 is 5.30 Å². The van der Waals surface area contributed by atoms with Crippen LogP contribution in [0.15, 0.2) is 54.1 Å². The van der Waals surface area contributed by atoms with E-state index in [9.17, 15) is 9.36 Å². The third-order valence-corrected chi connectivity index (χ3v) is 5.41. The number of rotatable bonds is 3. The van der Waals surface area contributed by atoms with E-state index in [1.54, 1.807) is 12.1 Å². The maximum Gasteiger partial charge on any atom is 0.454 e. The van der Waals surface area contributed by atoms with Crippen LogP contribution in [0.1, 0.15) is 20.8 Å². The summed E-state index contributed by atoms with van der Waals surface area (Å²) in [6, 6.07) is 8.97. The third-order valence-electron chi connectivity index (χ3n) is 3.79. The fraction of sp³-hybridized carbons (Fsp3) is 0.312. The van der Waals surface area contributed by atoms with Gasteiger partial charge in [-0.15, -0.1) is 0 Å². The molecule has 19 heavy (non-hydrogen) atoms. The van der Waals surface area contributed by atoms with E-state index in [0.29, 0.717) is 5.30 Å². The Morgan fingerprint density at radius 1 is 1.26 bits per heavy atom. The Hall–Kier alpha value is -1.53. The Kier molecular flexibility index (Phi) is 3.82. The summed E-state index contributed by atoms with van der Waals surface area (Å²) in [5, 5.41) is 0.607. The van der Waals surface area contributed by atoms with E-state index in [1.165, 1.54) is 0 Å². The van der Waals surface area contributed by atoms with Gasteiger partial charge >= 0.3 is 13.3 Å². The summed E-state index contributed by atoms with van der Waals surface area (Å²) >= 11 is 0. The number of benzene rings is 1. The lowest BCUT2D eigenvalue weighted by atomic mass is 9.75. The molecule has 98 valence electrons. The number of carbonyl (C=O) groups excluding carboxylic acids is 1. The normalized spacial score (nSPS) is 26.8. The smallest absolute Gasteiger partial charge is 0.239 e. The fourth-order valence-electron chi connectivity index (χ4n) is 2.24. The van der Waals surface area contributed by atoms with Crippen LogP contribution in [0.25, 0.3) is 0 Å². The molecular weight excluding hydrogens is 255 g/mol. The van der Waals surface area contributed by atoms with Gasteiger partial charge in [-0.25, -0.2) is 4.79 Å². The van der Waals surface area contributed by atoms with Crippen molar-refractivity contribution in [1.82, 2.24) is 0 Å². The topological polar surface area (TPSA) is 34.1 Å². The van der Waals surface area contributed by atoms with Gasteiger partial charge in [0.05, 0.1) is 0 Å². The number of hydrogen-bond acceptors (Lipinski definition) is 2. The van der Waals surface area contributed by atoms with Gasteiger partial charge in [0.1, 0.15) is 5.41 Å². The molecule has 0 saturated carbocycles. The van der Waals surface area contributed by atoms with Crippen molar-refractivity contribution in [1.29, 1.82) is 0 Å². The van der Waals surface area contributed by atoms with Crippen molar-refractivity contribution in [3.8, 4) is 0 Å². The highest BCUT2D eigenvalue weighted by atomic mass is 31.1. The standard InChI is InChI=1S/C16H18O2P/c1-12-9-10-16(3,13(2)11-12)15(17)19(18)14-7-5-4-6-8-14/h4-11,13H,1-3H3/q+1. The third kappa shape index (κ3) is 2.59. The summed E-state index contributed by atoms with van der Waals surface area (Å²) in [6.45, 7) is 5.88. The summed E-state index contributed by atoms with van der Waals surface area (Å²) in [5.74, 6) is 0.0627. The Morgan fingerprint density at radius 2 is 1.89 bits per heavy atom. The van der Waals surface area contributed by atoms with E-state index in [2.05, 4.69) is 6.08 Å². The predicted octanol–water partition coefficient (Wildman–Crippen LogP) is 3.82. The first kappa shape index (κ1) is 13.9. The molecule has 0 amide bonds. The minimum atomic E-state index is -2.02. The van der Waals surface area contributed by atoms with Gasteiger partial charge in [0, 0.05) is 0 Å². The van der Waals surface area contributed by atoms with E-state index in [1.807, 2.05) is 51.1 Å². The largest absolute Gasteiger partial charge is 0.454 e. The lowest BCUT2D eigenvalue weighted by Crippen LogP contribution is -2.32. The van der Waals surface area contributed by atoms with Gasteiger partial charge in [-0.05, 0) is 31.9 Å². The second-order valence-electron chi connectivity index (χ2n) is 5.25. The Bertz CT molecular complexity index is 572. The molecule has 3 heteroatoms. The van der Waals surface area contributed by atoms with Gasteiger partial charge in [0.15, 0.2) is 5.30 Å². The molecule has 1 aliphatic carbocycles. The highest BCUT2D eigenvalue weighted by Gasteiger charge is 2.49. The first-order valence-corrected chi connectivity index (χ1v) is 7.65. The molecular formula is C16H18O2P+. The quantitative estimate of drug-likeness (QED) is 0.784. The molecule has 0 aliphatic heterocycles. The Labute approximate surface area is 115 Å². The highest BCUT2D eigenvalue weighted by Crippen LogP contribution is 2.43.